The largest absolute Gasteiger partial charge is 0.396 e. The zero-order valence-electron chi connectivity index (χ0n) is 40.2. The Kier molecular flexibility index (Phi) is 15.8. The van der Waals surface area contributed by atoms with Crippen molar-refractivity contribution in [3.05, 3.63) is 0 Å². The van der Waals surface area contributed by atoms with Gasteiger partial charge in [0, 0.05) is 23.4 Å². The maximum absolute atomic E-state index is 12.5. The minimum absolute atomic E-state index is 0.0239. The monoisotopic (exact) mass is 979 g/mol. The lowest BCUT2D eigenvalue weighted by Crippen LogP contribution is -2.69. The molecule has 0 unspecified atom stereocenters. The highest BCUT2D eigenvalue weighted by atomic mass is 16.8. The summed E-state index contributed by atoms with van der Waals surface area (Å²) in [4.78, 5) is 0. The predicted octanol–water partition coefficient (Wildman–Crippen LogP) is -1.98. The highest BCUT2D eigenvalue weighted by Crippen LogP contribution is 2.75. The first-order valence-electron chi connectivity index (χ1n) is 25.2. The van der Waals surface area contributed by atoms with Crippen LogP contribution in [0.15, 0.2) is 0 Å². The average molecular weight is 979 g/mol. The second-order valence-corrected chi connectivity index (χ2v) is 23.2. The number of aliphatic hydroxyl groups is 13. The second-order valence-electron chi connectivity index (χ2n) is 23.2. The molecule has 4 aliphatic heterocycles. The van der Waals surface area contributed by atoms with E-state index in [0.29, 0.717) is 25.9 Å². The van der Waals surface area contributed by atoms with E-state index >= 15 is 0 Å². The van der Waals surface area contributed by atoms with E-state index in [2.05, 4.69) is 20.8 Å². The summed E-state index contributed by atoms with van der Waals surface area (Å²) in [5.41, 5.74) is -2.12. The summed E-state index contributed by atoms with van der Waals surface area (Å²) >= 11 is 0. The molecule has 8 aliphatic rings. The molecule has 4 saturated carbocycles. The van der Waals surface area contributed by atoms with Gasteiger partial charge in [-0.2, -0.15) is 0 Å². The standard InChI is InChI=1S/C48H82O20/c1-22(16-49)24-8-13-48(21-62-24)15-14-46(4)23(40(48)61)6-7-29-44(2)11-10-30(45(3,28(44)9-12-47(29,46)5)20-63-41-37(59)34(56)31(53)25(17-50)64-41)67-43-39(36(58)33(55)27(19-52)66-43)68-42-38(60)35(57)32(54)26(18-51)65-42/h22-43,49-61H,6-21H2,1-5H3/t22-,23+,24-,25+,26+,27+,28+,29+,30-,31+,32+,33+,34-,35-,36-,37+,38+,39+,40+,41+,42-,43-,44-,45-,46+,47+,48+/m0/s1. The molecule has 20 heteroatoms. The molecule has 68 heavy (non-hydrogen) atoms. The highest BCUT2D eigenvalue weighted by molar-refractivity contribution is 5.19. The zero-order valence-corrected chi connectivity index (χ0v) is 40.2. The number of ether oxygens (including phenoxy) is 7. The summed E-state index contributed by atoms with van der Waals surface area (Å²) in [7, 11) is 0. The van der Waals surface area contributed by atoms with Gasteiger partial charge in [0.15, 0.2) is 18.9 Å². The van der Waals surface area contributed by atoms with E-state index in [1.54, 1.807) is 0 Å². The molecular formula is C48H82O20. The normalized spacial score (nSPS) is 55.8. The van der Waals surface area contributed by atoms with E-state index in [9.17, 15) is 66.4 Å². The van der Waals surface area contributed by atoms with Crippen LogP contribution in [-0.4, -0.2) is 216 Å². The summed E-state index contributed by atoms with van der Waals surface area (Å²) in [6.07, 6.45) is -18.0. The summed E-state index contributed by atoms with van der Waals surface area (Å²) in [5.74, 6) is 0.0754. The number of aliphatic hydroxyl groups excluding tert-OH is 13. The third kappa shape index (κ3) is 8.66. The van der Waals surface area contributed by atoms with Gasteiger partial charge in [-0.05, 0) is 98.2 Å². The molecule has 1 spiro atoms. The van der Waals surface area contributed by atoms with Crippen molar-refractivity contribution in [2.75, 3.05) is 39.6 Å². The van der Waals surface area contributed by atoms with Crippen LogP contribution >= 0.6 is 0 Å². The average Bonchev–Trinajstić information content (AvgIpc) is 3.32. The van der Waals surface area contributed by atoms with Crippen LogP contribution in [0.3, 0.4) is 0 Å². The topological polar surface area (TPSA) is 328 Å². The van der Waals surface area contributed by atoms with Gasteiger partial charge >= 0.3 is 0 Å². The van der Waals surface area contributed by atoms with Crippen LogP contribution in [0.1, 0.15) is 98.8 Å². The lowest BCUT2D eigenvalue weighted by Gasteiger charge is -2.73. The molecule has 13 N–H and O–H groups in total. The van der Waals surface area contributed by atoms with E-state index in [4.69, 9.17) is 33.2 Å². The van der Waals surface area contributed by atoms with Crippen molar-refractivity contribution in [1.82, 2.24) is 0 Å². The summed E-state index contributed by atoms with van der Waals surface area (Å²) in [6, 6.07) is 0. The molecule has 0 aromatic rings. The Morgan fingerprint density at radius 2 is 1.13 bits per heavy atom. The van der Waals surface area contributed by atoms with Gasteiger partial charge in [0.1, 0.15) is 73.2 Å². The predicted molar refractivity (Wildman–Crippen MR) is 234 cm³/mol. The van der Waals surface area contributed by atoms with Gasteiger partial charge in [-0.3, -0.25) is 0 Å². The van der Waals surface area contributed by atoms with Gasteiger partial charge in [-0.1, -0.05) is 34.6 Å². The minimum atomic E-state index is -1.87. The first-order chi connectivity index (χ1) is 32.1. The van der Waals surface area contributed by atoms with E-state index in [0.717, 1.165) is 44.9 Å². The van der Waals surface area contributed by atoms with Crippen LogP contribution in [0.5, 0.6) is 0 Å². The summed E-state index contributed by atoms with van der Waals surface area (Å²) < 4.78 is 43.4. The third-order valence-electron chi connectivity index (χ3n) is 19.9. The van der Waals surface area contributed by atoms with E-state index < -0.39 is 130 Å². The highest BCUT2D eigenvalue weighted by Gasteiger charge is 2.71. The maximum atomic E-state index is 12.5. The second kappa shape index (κ2) is 20.1. The fourth-order valence-electron chi connectivity index (χ4n) is 15.4. The van der Waals surface area contributed by atoms with Crippen molar-refractivity contribution in [2.45, 2.75) is 209 Å². The van der Waals surface area contributed by atoms with Crippen LogP contribution in [0, 0.1) is 50.7 Å². The van der Waals surface area contributed by atoms with Crippen molar-refractivity contribution in [2.24, 2.45) is 50.7 Å². The third-order valence-corrected chi connectivity index (χ3v) is 19.9. The molecule has 4 saturated heterocycles. The Labute approximate surface area is 398 Å². The minimum Gasteiger partial charge on any atom is -0.396 e. The number of hydrogen-bond donors (Lipinski definition) is 13. The Morgan fingerprint density at radius 1 is 0.544 bits per heavy atom. The van der Waals surface area contributed by atoms with Crippen LogP contribution in [-0.2, 0) is 33.2 Å². The molecule has 0 bridgehead atoms. The fourth-order valence-corrected chi connectivity index (χ4v) is 15.4. The van der Waals surface area contributed by atoms with Crippen molar-refractivity contribution < 1.29 is 99.5 Å². The van der Waals surface area contributed by atoms with Crippen LogP contribution < -0.4 is 0 Å². The Hall–Kier alpha value is -0.800. The molecule has 4 aliphatic carbocycles. The van der Waals surface area contributed by atoms with Crippen LogP contribution in [0.2, 0.25) is 0 Å². The SMILES string of the molecule is C[C@@H](CO)[C@@H]1CC[C@@]2(CC[C@]3(C)[C@H](CC[C@@H]4[C@@]5(C)CC[C@H](O[C@@H]6O[C@H](CO)[C@@H](O)[C@H](O)[C@H]6O[C@@H]6O[C@H](CO)[C@@H](O)[C@H](O)[C@H]6O)[C@@](C)(CO[C@@H]6O[C@H](CO)[C@@H](O)[C@H](O)[C@H]6O)[C@@H]5CC[C@]43C)[C@H]2O)CO1. The molecule has 8 rings (SSSR count). The first kappa shape index (κ1) is 53.5. The first-order valence-corrected chi connectivity index (χ1v) is 25.2. The Bertz CT molecular complexity index is 1690. The quantitative estimate of drug-likeness (QED) is 0.0943. The zero-order chi connectivity index (χ0) is 49.5. The van der Waals surface area contributed by atoms with Gasteiger partial charge in [0.05, 0.1) is 51.3 Å². The lowest BCUT2D eigenvalue weighted by atomic mass is 9.33. The summed E-state index contributed by atoms with van der Waals surface area (Å²) in [5, 5.41) is 139. The molecule has 0 aromatic carbocycles. The maximum Gasteiger partial charge on any atom is 0.187 e. The van der Waals surface area contributed by atoms with Gasteiger partial charge in [-0.15, -0.1) is 0 Å². The van der Waals surface area contributed by atoms with E-state index in [-0.39, 0.29) is 64.6 Å². The fraction of sp³-hybridized carbons (Fsp3) is 1.00. The molecule has 0 aromatic heterocycles. The van der Waals surface area contributed by atoms with Crippen LogP contribution in [0.4, 0.5) is 0 Å². The van der Waals surface area contributed by atoms with Gasteiger partial charge in [0.25, 0.3) is 0 Å². The Morgan fingerprint density at radius 3 is 1.72 bits per heavy atom. The van der Waals surface area contributed by atoms with E-state index in [1.807, 2.05) is 13.8 Å². The molecule has 20 nitrogen and oxygen atoms in total. The molecule has 27 atom stereocenters. The molecule has 8 fully saturated rings. The van der Waals surface area contributed by atoms with E-state index in [1.165, 1.54) is 0 Å². The number of hydrogen-bond acceptors (Lipinski definition) is 20. The van der Waals surface area contributed by atoms with Crippen molar-refractivity contribution in [3.63, 3.8) is 0 Å². The van der Waals surface area contributed by atoms with Gasteiger partial charge < -0.3 is 99.5 Å². The number of rotatable bonds is 12. The molecular weight excluding hydrogens is 897 g/mol. The smallest absolute Gasteiger partial charge is 0.187 e. The summed E-state index contributed by atoms with van der Waals surface area (Å²) in [6.45, 7) is 9.32. The Balaban J connectivity index is 1.09. The van der Waals surface area contributed by atoms with Crippen molar-refractivity contribution >= 4 is 0 Å². The van der Waals surface area contributed by atoms with Crippen molar-refractivity contribution in [3.8, 4) is 0 Å². The van der Waals surface area contributed by atoms with Gasteiger partial charge in [-0.25, -0.2) is 0 Å². The number of fused-ring (bicyclic) bond motifs is 5. The molecule has 4 heterocycles. The van der Waals surface area contributed by atoms with Gasteiger partial charge in [0.2, 0.25) is 0 Å². The molecule has 0 radical (unpaired) electrons. The van der Waals surface area contributed by atoms with Crippen LogP contribution in [0.25, 0.3) is 0 Å². The lowest BCUT2D eigenvalue weighted by molar-refractivity contribution is -0.382. The molecule has 394 valence electrons. The van der Waals surface area contributed by atoms with Crippen molar-refractivity contribution in [1.29, 1.82) is 0 Å². The molecule has 0 amide bonds.